The fraction of sp³-hybridized carbons (Fsp3) is 0.474. The van der Waals surface area contributed by atoms with Crippen LogP contribution in [0.15, 0.2) is 54.6 Å². The third-order valence-electron chi connectivity index (χ3n) is 7.67. The molecule has 0 bridgehead atoms. The molecular formula is C38H49N3O14. The first-order valence-corrected chi connectivity index (χ1v) is 17.4. The highest BCUT2D eigenvalue weighted by Crippen LogP contribution is 2.23. The van der Waals surface area contributed by atoms with Crippen LogP contribution < -0.4 is 16.0 Å². The van der Waals surface area contributed by atoms with E-state index in [0.29, 0.717) is 11.1 Å². The highest BCUT2D eigenvalue weighted by Gasteiger charge is 2.47. The van der Waals surface area contributed by atoms with Gasteiger partial charge in [-0.3, -0.25) is 33.6 Å². The number of nitrogens with one attached hydrogen (secondary N) is 3. The molecule has 0 heterocycles. The van der Waals surface area contributed by atoms with Gasteiger partial charge < -0.3 is 44.7 Å². The van der Waals surface area contributed by atoms with Crippen molar-refractivity contribution in [2.75, 3.05) is 6.61 Å². The largest absolute Gasteiger partial charge is 0.481 e. The predicted molar refractivity (Wildman–Crippen MR) is 193 cm³/mol. The summed E-state index contributed by atoms with van der Waals surface area (Å²) in [5, 5.41) is 17.2. The zero-order valence-electron chi connectivity index (χ0n) is 31.8. The minimum Gasteiger partial charge on any atom is -0.481 e. The van der Waals surface area contributed by atoms with E-state index >= 15 is 0 Å². The number of carbonyl (C=O) groups is 8. The van der Waals surface area contributed by atoms with E-state index in [1.165, 1.54) is 0 Å². The number of hydrogen-bond donors (Lipinski definition) is 4. The monoisotopic (exact) mass is 771 g/mol. The summed E-state index contributed by atoms with van der Waals surface area (Å²) in [7, 11) is 0. The first-order valence-electron chi connectivity index (χ1n) is 17.4. The number of benzene rings is 2. The van der Waals surface area contributed by atoms with Crippen LogP contribution in [0.5, 0.6) is 0 Å². The van der Waals surface area contributed by atoms with E-state index in [-0.39, 0.29) is 18.9 Å². The Labute approximate surface area is 318 Å². The van der Waals surface area contributed by atoms with Gasteiger partial charge in [-0.05, 0) is 30.4 Å². The van der Waals surface area contributed by atoms with Crippen LogP contribution in [0.2, 0.25) is 0 Å². The molecule has 55 heavy (non-hydrogen) atoms. The molecule has 0 aliphatic rings. The van der Waals surface area contributed by atoms with Crippen LogP contribution in [0.3, 0.4) is 0 Å². The van der Waals surface area contributed by atoms with E-state index in [4.69, 9.17) is 23.7 Å². The van der Waals surface area contributed by atoms with Gasteiger partial charge in [-0.2, -0.15) is 0 Å². The summed E-state index contributed by atoms with van der Waals surface area (Å²) >= 11 is 0. The van der Waals surface area contributed by atoms with Crippen molar-refractivity contribution < 1.29 is 67.1 Å². The molecule has 3 amide bonds. The highest BCUT2D eigenvalue weighted by molar-refractivity contribution is 5.87. The topological polar surface area (TPSA) is 239 Å². The summed E-state index contributed by atoms with van der Waals surface area (Å²) in [6.07, 6.45) is -7.53. The quantitative estimate of drug-likeness (QED) is 0.112. The van der Waals surface area contributed by atoms with Crippen molar-refractivity contribution >= 4 is 47.8 Å². The smallest absolute Gasteiger partial charge is 0.408 e. The number of aliphatic carboxylic acids is 1. The van der Waals surface area contributed by atoms with Gasteiger partial charge in [-0.25, -0.2) is 4.79 Å². The maximum atomic E-state index is 14.0. The second kappa shape index (κ2) is 22.3. The van der Waals surface area contributed by atoms with Gasteiger partial charge in [0, 0.05) is 27.7 Å². The Hall–Kier alpha value is -6.00. The molecule has 2 rings (SSSR count). The summed E-state index contributed by atoms with van der Waals surface area (Å²) in [5.41, 5.74) is 1.90. The van der Waals surface area contributed by atoms with E-state index in [0.717, 1.165) is 33.3 Å². The lowest BCUT2D eigenvalue weighted by Crippen LogP contribution is -2.62. The van der Waals surface area contributed by atoms with Gasteiger partial charge in [0.25, 0.3) is 5.91 Å². The summed E-state index contributed by atoms with van der Waals surface area (Å²) < 4.78 is 26.8. The van der Waals surface area contributed by atoms with Crippen molar-refractivity contribution in [2.24, 2.45) is 5.92 Å². The Bertz CT molecular complexity index is 1650. The molecule has 4 N–H and O–H groups in total. The zero-order valence-corrected chi connectivity index (χ0v) is 31.8. The minimum absolute atomic E-state index is 0.0701. The van der Waals surface area contributed by atoms with Gasteiger partial charge in [-0.15, -0.1) is 0 Å². The average Bonchev–Trinajstić information content (AvgIpc) is 3.09. The Morgan fingerprint density at radius 2 is 1.25 bits per heavy atom. The van der Waals surface area contributed by atoms with E-state index in [1.807, 2.05) is 0 Å². The molecule has 0 aliphatic carbocycles. The van der Waals surface area contributed by atoms with Crippen molar-refractivity contribution in [3.05, 3.63) is 71.3 Å². The lowest BCUT2D eigenvalue weighted by molar-refractivity contribution is -0.190. The van der Waals surface area contributed by atoms with Crippen molar-refractivity contribution in [1.82, 2.24) is 16.0 Å². The molecule has 2 aromatic rings. The molecular weight excluding hydrogens is 722 g/mol. The molecule has 17 nitrogen and oxygen atoms in total. The van der Waals surface area contributed by atoms with Crippen LogP contribution >= 0.6 is 0 Å². The molecule has 0 fully saturated rings. The van der Waals surface area contributed by atoms with Crippen LogP contribution in [-0.2, 0) is 63.9 Å². The third-order valence-corrected chi connectivity index (χ3v) is 7.67. The second-order valence-corrected chi connectivity index (χ2v) is 13.1. The number of amides is 3. The average molecular weight is 772 g/mol. The molecule has 0 spiro atoms. The standard InChI is InChI=1S/C38H49N3O14/c1-21(2)17-30(41-38(50)52-19-27-11-9-8-10-12-27)36(48)40-31(20-51-23(4)42)33(53-24(5)43)34(54-25(6)44)35(55-26(7)45)37(49)39-29(18-32(46)47)28-15-13-22(3)14-16-28/h8-16,21,29-31,33-35H,17-20H2,1-7H3,(H,39,49)(H,40,48)(H,41,50)(H,46,47)/t29-,30-,31-,33+,34+,35-/m0/s1. The number of hydrogen-bond acceptors (Lipinski definition) is 13. The van der Waals surface area contributed by atoms with Crippen molar-refractivity contribution in [2.45, 2.75) is 104 Å². The molecule has 0 saturated carbocycles. The molecule has 300 valence electrons. The van der Waals surface area contributed by atoms with Gasteiger partial charge in [0.2, 0.25) is 12.0 Å². The molecule has 2 aromatic carbocycles. The molecule has 17 heteroatoms. The Morgan fingerprint density at radius 1 is 0.673 bits per heavy atom. The van der Waals surface area contributed by atoms with Crippen LogP contribution in [0.1, 0.15) is 77.1 Å². The van der Waals surface area contributed by atoms with Crippen LogP contribution in [0, 0.1) is 12.8 Å². The minimum atomic E-state index is -2.12. The lowest BCUT2D eigenvalue weighted by atomic mass is 9.97. The fourth-order valence-electron chi connectivity index (χ4n) is 5.31. The van der Waals surface area contributed by atoms with Gasteiger partial charge >= 0.3 is 35.9 Å². The molecule has 0 aromatic heterocycles. The number of ether oxygens (including phenoxy) is 5. The van der Waals surface area contributed by atoms with Crippen LogP contribution in [0.25, 0.3) is 0 Å². The van der Waals surface area contributed by atoms with Crippen LogP contribution in [0.4, 0.5) is 4.79 Å². The summed E-state index contributed by atoms with van der Waals surface area (Å²) in [4.78, 5) is 102. The number of carbonyl (C=O) groups excluding carboxylic acids is 7. The van der Waals surface area contributed by atoms with Gasteiger partial charge in [0.15, 0.2) is 12.2 Å². The SMILES string of the molecule is CC(=O)OC[C@H](NC(=O)[C@H](CC(C)C)NC(=O)OCc1ccccc1)[C@@H](OC(C)=O)[C@@H](OC(C)=O)[C@H](OC(C)=O)C(=O)N[C@@H](CC(=O)O)c1ccc(C)cc1. The van der Waals surface area contributed by atoms with E-state index < -0.39 is 97.2 Å². The highest BCUT2D eigenvalue weighted by atomic mass is 16.6. The van der Waals surface area contributed by atoms with Gasteiger partial charge in [0.05, 0.1) is 12.5 Å². The molecule has 0 radical (unpaired) electrons. The summed E-state index contributed by atoms with van der Waals surface area (Å²) in [6, 6.07) is 11.2. The van der Waals surface area contributed by atoms with Crippen LogP contribution in [-0.4, -0.2) is 89.9 Å². The van der Waals surface area contributed by atoms with E-state index in [1.54, 1.807) is 75.4 Å². The van der Waals surface area contributed by atoms with E-state index in [9.17, 15) is 43.5 Å². The molecule has 6 atom stereocenters. The molecule has 0 aliphatic heterocycles. The number of carboxylic acids is 1. The fourth-order valence-corrected chi connectivity index (χ4v) is 5.31. The number of aryl methyl sites for hydroxylation is 1. The summed E-state index contributed by atoms with van der Waals surface area (Å²) in [6.45, 7) is 8.43. The Kier molecular flexibility index (Phi) is 18.3. The van der Waals surface area contributed by atoms with Crippen molar-refractivity contribution in [1.29, 1.82) is 0 Å². The number of carboxylic acid groups (broad SMARTS) is 1. The number of esters is 4. The maximum Gasteiger partial charge on any atom is 0.408 e. The normalized spacial score (nSPS) is 14.0. The zero-order chi connectivity index (χ0) is 41.2. The first-order chi connectivity index (χ1) is 25.9. The van der Waals surface area contributed by atoms with E-state index in [2.05, 4.69) is 16.0 Å². The predicted octanol–water partition coefficient (Wildman–Crippen LogP) is 2.81. The maximum absolute atomic E-state index is 14.0. The second-order valence-electron chi connectivity index (χ2n) is 13.1. The van der Waals surface area contributed by atoms with Crippen molar-refractivity contribution in [3.63, 3.8) is 0 Å². The first kappa shape index (κ1) is 45.2. The Balaban J connectivity index is 2.59. The number of alkyl carbamates (subject to hydrolysis) is 1. The molecule has 0 unspecified atom stereocenters. The number of rotatable bonds is 20. The third kappa shape index (κ3) is 16.7. The molecule has 0 saturated heterocycles. The van der Waals surface area contributed by atoms with Gasteiger partial charge in [0.1, 0.15) is 25.3 Å². The lowest BCUT2D eigenvalue weighted by Gasteiger charge is -2.36. The Morgan fingerprint density at radius 3 is 1.78 bits per heavy atom. The van der Waals surface area contributed by atoms with Crippen molar-refractivity contribution in [3.8, 4) is 0 Å². The summed E-state index contributed by atoms with van der Waals surface area (Å²) in [5.74, 6) is -7.46. The van der Waals surface area contributed by atoms with Gasteiger partial charge in [-0.1, -0.05) is 74.0 Å².